The lowest BCUT2D eigenvalue weighted by atomic mass is 10.1. The van der Waals surface area contributed by atoms with Crippen molar-refractivity contribution in [2.24, 2.45) is 5.92 Å². The van der Waals surface area contributed by atoms with Crippen molar-refractivity contribution in [2.45, 2.75) is 46.6 Å². The van der Waals surface area contributed by atoms with E-state index in [0.717, 1.165) is 6.42 Å². The quantitative estimate of drug-likeness (QED) is 0.594. The maximum Gasteiger partial charge on any atom is 0.360 e. The molecule has 0 aliphatic carbocycles. The Morgan fingerprint density at radius 2 is 2.00 bits per heavy atom. The molecule has 1 heterocycles. The molecule has 8 nitrogen and oxygen atoms in total. The molecule has 0 spiro atoms. The Bertz CT molecular complexity index is 581. The van der Waals surface area contributed by atoms with Gasteiger partial charge in [-0.2, -0.15) is 0 Å². The zero-order valence-corrected chi connectivity index (χ0v) is 15.2. The minimum Gasteiger partial charge on any atom is -0.466 e. The third-order valence-corrected chi connectivity index (χ3v) is 3.45. The van der Waals surface area contributed by atoms with Crippen LogP contribution in [0.3, 0.4) is 0 Å². The number of hydrogen-bond donors (Lipinski definition) is 0. The molecule has 25 heavy (non-hydrogen) atoms. The lowest BCUT2D eigenvalue weighted by Gasteiger charge is -2.22. The Morgan fingerprint density at radius 3 is 2.60 bits per heavy atom. The molecule has 8 heteroatoms. The lowest BCUT2D eigenvalue weighted by molar-refractivity contribution is -0.145. The summed E-state index contributed by atoms with van der Waals surface area (Å²) in [7, 11) is 1.25. The first-order chi connectivity index (χ1) is 11.9. The molecule has 0 N–H and O–H groups in total. The lowest BCUT2D eigenvalue weighted by Crippen LogP contribution is -2.32. The van der Waals surface area contributed by atoms with E-state index in [1.807, 2.05) is 0 Å². The van der Waals surface area contributed by atoms with Gasteiger partial charge >= 0.3 is 11.9 Å². The van der Waals surface area contributed by atoms with Crippen LogP contribution < -0.4 is 0 Å². The number of nitrogens with zero attached hydrogens (tertiary/aromatic N) is 2. The molecular weight excluding hydrogens is 328 g/mol. The number of methoxy groups -OCH3 is 1. The monoisotopic (exact) mass is 354 g/mol. The number of aromatic nitrogens is 1. The smallest absolute Gasteiger partial charge is 0.360 e. The van der Waals surface area contributed by atoms with Crippen LogP contribution in [-0.2, 0) is 25.6 Å². The Balaban J connectivity index is 2.71. The summed E-state index contributed by atoms with van der Waals surface area (Å²) in [6.45, 7) is 6.76. The Hall–Kier alpha value is -2.38. The number of carbonyl (C=O) groups is 3. The normalized spacial score (nSPS) is 10.6. The molecular formula is C17H26N2O6. The molecule has 0 fully saturated rings. The van der Waals surface area contributed by atoms with Crippen LogP contribution in [0.4, 0.5) is 0 Å². The Labute approximate surface area is 147 Å². The average molecular weight is 354 g/mol. The maximum atomic E-state index is 12.4. The number of rotatable bonds is 10. The van der Waals surface area contributed by atoms with Crippen LogP contribution in [0.15, 0.2) is 10.7 Å². The standard InChI is InChI=1S/C17H26N2O6/c1-5-24-16(21)7-6-15(20)19(9-8-12(2)3)10-14-18-13(11-25-14)17(22)23-4/h11-12H,5-10H2,1-4H3. The summed E-state index contributed by atoms with van der Waals surface area (Å²) in [4.78, 5) is 40.9. The van der Waals surface area contributed by atoms with Gasteiger partial charge in [-0.1, -0.05) is 13.8 Å². The van der Waals surface area contributed by atoms with Crippen LogP contribution >= 0.6 is 0 Å². The highest BCUT2D eigenvalue weighted by Crippen LogP contribution is 2.12. The Kier molecular flexibility index (Phi) is 8.66. The first-order valence-electron chi connectivity index (χ1n) is 8.33. The van der Waals surface area contributed by atoms with Crippen LogP contribution in [-0.4, -0.2) is 48.0 Å². The predicted octanol–water partition coefficient (Wildman–Crippen LogP) is 2.18. The molecule has 0 aliphatic heterocycles. The molecule has 0 radical (unpaired) electrons. The van der Waals surface area contributed by atoms with E-state index < -0.39 is 11.9 Å². The number of ether oxygens (including phenoxy) is 2. The predicted molar refractivity (Wildman–Crippen MR) is 88.6 cm³/mol. The van der Waals surface area contributed by atoms with E-state index in [1.54, 1.807) is 11.8 Å². The third kappa shape index (κ3) is 7.36. The second-order valence-corrected chi connectivity index (χ2v) is 5.92. The van der Waals surface area contributed by atoms with E-state index in [9.17, 15) is 14.4 Å². The van der Waals surface area contributed by atoms with Crippen molar-refractivity contribution in [2.75, 3.05) is 20.3 Å². The van der Waals surface area contributed by atoms with Gasteiger partial charge in [-0.3, -0.25) is 9.59 Å². The van der Waals surface area contributed by atoms with E-state index >= 15 is 0 Å². The molecule has 140 valence electrons. The minimum absolute atomic E-state index is 0.0316. The molecule has 0 aromatic carbocycles. The van der Waals surface area contributed by atoms with E-state index in [-0.39, 0.29) is 43.5 Å². The van der Waals surface area contributed by atoms with Crippen molar-refractivity contribution >= 4 is 17.8 Å². The summed E-state index contributed by atoms with van der Waals surface area (Å²) >= 11 is 0. The van der Waals surface area contributed by atoms with Gasteiger partial charge in [0, 0.05) is 13.0 Å². The van der Waals surface area contributed by atoms with Crippen LogP contribution in [0.2, 0.25) is 0 Å². The van der Waals surface area contributed by atoms with Crippen LogP contribution in [0, 0.1) is 5.92 Å². The van der Waals surface area contributed by atoms with Crippen molar-refractivity contribution in [1.29, 1.82) is 0 Å². The number of amides is 1. The first kappa shape index (κ1) is 20.7. The molecule has 1 aromatic rings. The zero-order valence-electron chi connectivity index (χ0n) is 15.2. The summed E-state index contributed by atoms with van der Waals surface area (Å²) < 4.78 is 14.7. The maximum absolute atomic E-state index is 12.4. The number of esters is 2. The average Bonchev–Trinajstić information content (AvgIpc) is 3.04. The fourth-order valence-electron chi connectivity index (χ4n) is 2.05. The molecule has 0 atom stereocenters. The van der Waals surface area contributed by atoms with Gasteiger partial charge in [0.2, 0.25) is 11.8 Å². The van der Waals surface area contributed by atoms with Gasteiger partial charge in [-0.15, -0.1) is 0 Å². The van der Waals surface area contributed by atoms with Crippen molar-refractivity contribution in [3.63, 3.8) is 0 Å². The first-order valence-corrected chi connectivity index (χ1v) is 8.33. The van der Waals surface area contributed by atoms with E-state index in [0.29, 0.717) is 12.5 Å². The molecule has 0 bridgehead atoms. The second-order valence-electron chi connectivity index (χ2n) is 5.92. The Morgan fingerprint density at radius 1 is 1.28 bits per heavy atom. The van der Waals surface area contributed by atoms with Gasteiger partial charge in [0.1, 0.15) is 6.26 Å². The number of carbonyl (C=O) groups excluding carboxylic acids is 3. The third-order valence-electron chi connectivity index (χ3n) is 3.45. The minimum atomic E-state index is -0.600. The molecule has 0 aliphatic rings. The van der Waals surface area contributed by atoms with E-state index in [2.05, 4.69) is 23.6 Å². The highest BCUT2D eigenvalue weighted by atomic mass is 16.5. The van der Waals surface area contributed by atoms with Gasteiger partial charge in [-0.25, -0.2) is 9.78 Å². The molecule has 1 amide bonds. The highest BCUT2D eigenvalue weighted by Gasteiger charge is 2.20. The summed E-state index contributed by atoms with van der Waals surface area (Å²) in [6.07, 6.45) is 2.09. The van der Waals surface area contributed by atoms with Crippen molar-refractivity contribution in [3.05, 3.63) is 17.8 Å². The van der Waals surface area contributed by atoms with Crippen LogP contribution in [0.1, 0.15) is 56.4 Å². The summed E-state index contributed by atoms with van der Waals surface area (Å²) in [5.41, 5.74) is 0.0558. The SMILES string of the molecule is CCOC(=O)CCC(=O)N(CCC(C)C)Cc1nc(C(=O)OC)co1. The van der Waals surface area contributed by atoms with Crippen LogP contribution in [0.5, 0.6) is 0 Å². The fourth-order valence-corrected chi connectivity index (χ4v) is 2.05. The van der Waals surface area contributed by atoms with Gasteiger partial charge in [0.15, 0.2) is 5.69 Å². The summed E-state index contributed by atoms with van der Waals surface area (Å²) in [6, 6.07) is 0. The van der Waals surface area contributed by atoms with E-state index in [4.69, 9.17) is 9.15 Å². The highest BCUT2D eigenvalue weighted by molar-refractivity contribution is 5.86. The van der Waals surface area contributed by atoms with E-state index in [1.165, 1.54) is 13.4 Å². The molecule has 0 unspecified atom stereocenters. The topological polar surface area (TPSA) is 98.9 Å². The van der Waals surface area contributed by atoms with Gasteiger partial charge in [0.25, 0.3) is 0 Å². The molecule has 0 saturated carbocycles. The zero-order chi connectivity index (χ0) is 18.8. The van der Waals surface area contributed by atoms with Gasteiger partial charge in [-0.05, 0) is 19.3 Å². The number of oxazole rings is 1. The molecule has 1 rings (SSSR count). The van der Waals surface area contributed by atoms with Crippen molar-refractivity contribution in [1.82, 2.24) is 9.88 Å². The van der Waals surface area contributed by atoms with Crippen molar-refractivity contribution < 1.29 is 28.3 Å². The molecule has 0 saturated heterocycles. The molecule has 1 aromatic heterocycles. The summed E-state index contributed by atoms with van der Waals surface area (Å²) in [5, 5.41) is 0. The van der Waals surface area contributed by atoms with Gasteiger partial charge < -0.3 is 18.8 Å². The number of hydrogen-bond acceptors (Lipinski definition) is 7. The van der Waals surface area contributed by atoms with Crippen LogP contribution in [0.25, 0.3) is 0 Å². The fraction of sp³-hybridized carbons (Fsp3) is 0.647. The largest absolute Gasteiger partial charge is 0.466 e. The van der Waals surface area contributed by atoms with Gasteiger partial charge in [0.05, 0.1) is 26.7 Å². The second kappa shape index (κ2) is 10.5. The summed E-state index contributed by atoms with van der Waals surface area (Å²) in [5.74, 6) is -0.531. The van der Waals surface area contributed by atoms with Crippen molar-refractivity contribution in [3.8, 4) is 0 Å².